The number of rotatable bonds is 8. The first-order valence-electron chi connectivity index (χ1n) is 10.2. The van der Waals surface area contributed by atoms with E-state index in [-0.39, 0.29) is 11.3 Å². The summed E-state index contributed by atoms with van der Waals surface area (Å²) in [5, 5.41) is 9.03. The fourth-order valence-electron chi connectivity index (χ4n) is 2.81. The standard InChI is InChI=1S/C25H20Br2N4O4/c1-2-13-35-22-12-9-18(27)14-16(22)15-28-31-25(34)24(33)30-21-6-4-3-5-20(21)23(32)29-19-10-7-17(26)8-11-19/h2-12,14-15H,1,13H2,(H,29,32)(H,30,33)(H,31,34). The van der Waals surface area contributed by atoms with E-state index in [0.29, 0.717) is 23.6 Å². The fraction of sp³-hybridized carbons (Fsp3) is 0.0400. The van der Waals surface area contributed by atoms with E-state index in [2.05, 4.69) is 59.6 Å². The Labute approximate surface area is 218 Å². The number of carbonyl (C=O) groups is 3. The van der Waals surface area contributed by atoms with E-state index < -0.39 is 17.7 Å². The molecule has 3 aromatic rings. The minimum absolute atomic E-state index is 0.179. The molecule has 0 saturated carbocycles. The Bertz CT molecular complexity index is 1280. The number of nitrogens with zero attached hydrogens (tertiary/aromatic N) is 1. The van der Waals surface area contributed by atoms with Crippen molar-refractivity contribution in [3.8, 4) is 5.75 Å². The van der Waals surface area contributed by atoms with Crippen molar-refractivity contribution in [1.82, 2.24) is 5.43 Å². The third-order valence-electron chi connectivity index (χ3n) is 4.43. The summed E-state index contributed by atoms with van der Waals surface area (Å²) in [6.07, 6.45) is 2.96. The lowest BCUT2D eigenvalue weighted by atomic mass is 10.1. The molecule has 35 heavy (non-hydrogen) atoms. The molecule has 0 atom stereocenters. The van der Waals surface area contributed by atoms with Crippen LogP contribution in [0.3, 0.4) is 0 Å². The van der Waals surface area contributed by atoms with Gasteiger partial charge in [0.25, 0.3) is 5.91 Å². The van der Waals surface area contributed by atoms with E-state index in [4.69, 9.17) is 4.74 Å². The monoisotopic (exact) mass is 598 g/mol. The van der Waals surface area contributed by atoms with E-state index in [9.17, 15) is 14.4 Å². The minimum Gasteiger partial charge on any atom is -0.489 e. The van der Waals surface area contributed by atoms with Gasteiger partial charge in [0.1, 0.15) is 12.4 Å². The molecular formula is C25H20Br2N4O4. The SMILES string of the molecule is C=CCOc1ccc(Br)cc1C=NNC(=O)C(=O)Nc1ccccc1C(=O)Nc1ccc(Br)cc1. The van der Waals surface area contributed by atoms with Gasteiger partial charge in [0, 0.05) is 20.2 Å². The van der Waals surface area contributed by atoms with Crippen LogP contribution in [0.15, 0.2) is 93.4 Å². The van der Waals surface area contributed by atoms with Crippen LogP contribution in [-0.4, -0.2) is 30.5 Å². The second-order valence-electron chi connectivity index (χ2n) is 6.94. The molecule has 0 spiro atoms. The molecule has 178 valence electrons. The summed E-state index contributed by atoms with van der Waals surface area (Å²) in [4.78, 5) is 37.4. The molecule has 0 radical (unpaired) electrons. The highest BCUT2D eigenvalue weighted by molar-refractivity contribution is 9.10. The molecule has 0 aromatic heterocycles. The lowest BCUT2D eigenvalue weighted by molar-refractivity contribution is -0.136. The third kappa shape index (κ3) is 7.62. The number of halogens is 2. The van der Waals surface area contributed by atoms with Crippen LogP contribution >= 0.6 is 31.9 Å². The Balaban J connectivity index is 1.65. The van der Waals surface area contributed by atoms with Crippen molar-refractivity contribution in [1.29, 1.82) is 0 Å². The van der Waals surface area contributed by atoms with Crippen molar-refractivity contribution in [2.24, 2.45) is 5.10 Å². The first kappa shape index (κ1) is 25.9. The van der Waals surface area contributed by atoms with Crippen molar-refractivity contribution >= 4 is 67.2 Å². The molecule has 0 aliphatic rings. The molecule has 0 aliphatic carbocycles. The maximum Gasteiger partial charge on any atom is 0.329 e. The number of amides is 3. The smallest absolute Gasteiger partial charge is 0.329 e. The lowest BCUT2D eigenvalue weighted by Gasteiger charge is -2.11. The van der Waals surface area contributed by atoms with E-state index in [1.165, 1.54) is 18.3 Å². The maximum atomic E-state index is 12.7. The molecule has 3 N–H and O–H groups in total. The number of anilines is 2. The predicted octanol–water partition coefficient (Wildman–Crippen LogP) is 5.12. The number of ether oxygens (including phenoxy) is 1. The summed E-state index contributed by atoms with van der Waals surface area (Å²) in [5.74, 6) is -1.90. The summed E-state index contributed by atoms with van der Waals surface area (Å²) >= 11 is 6.70. The number of carbonyl (C=O) groups excluding carboxylic acids is 3. The van der Waals surface area contributed by atoms with Crippen LogP contribution in [0.25, 0.3) is 0 Å². The number of para-hydroxylation sites is 1. The van der Waals surface area contributed by atoms with Crippen molar-refractivity contribution in [3.05, 3.63) is 99.5 Å². The van der Waals surface area contributed by atoms with Gasteiger partial charge in [-0.3, -0.25) is 14.4 Å². The summed E-state index contributed by atoms with van der Waals surface area (Å²) in [7, 11) is 0. The minimum atomic E-state index is -1.01. The Morgan fingerprint density at radius 1 is 0.914 bits per heavy atom. The zero-order valence-electron chi connectivity index (χ0n) is 18.3. The van der Waals surface area contributed by atoms with Crippen LogP contribution in [0.4, 0.5) is 11.4 Å². The van der Waals surface area contributed by atoms with E-state index in [1.54, 1.807) is 60.7 Å². The van der Waals surface area contributed by atoms with Gasteiger partial charge in [-0.25, -0.2) is 5.43 Å². The van der Waals surface area contributed by atoms with Crippen LogP contribution < -0.4 is 20.8 Å². The molecule has 0 aliphatic heterocycles. The average molecular weight is 600 g/mol. The summed E-state index contributed by atoms with van der Waals surface area (Å²) in [5.41, 5.74) is 3.70. The van der Waals surface area contributed by atoms with Gasteiger partial charge in [0.15, 0.2) is 0 Å². The maximum absolute atomic E-state index is 12.7. The molecule has 0 unspecified atom stereocenters. The van der Waals surface area contributed by atoms with E-state index >= 15 is 0 Å². The number of nitrogens with one attached hydrogen (secondary N) is 3. The van der Waals surface area contributed by atoms with Crippen molar-refractivity contribution < 1.29 is 19.1 Å². The van der Waals surface area contributed by atoms with Crippen LogP contribution in [0, 0.1) is 0 Å². The van der Waals surface area contributed by atoms with Gasteiger partial charge in [0.2, 0.25) is 0 Å². The molecule has 0 bridgehead atoms. The van der Waals surface area contributed by atoms with Gasteiger partial charge in [-0.15, -0.1) is 0 Å². The normalized spacial score (nSPS) is 10.5. The molecule has 0 fully saturated rings. The largest absolute Gasteiger partial charge is 0.489 e. The van der Waals surface area contributed by atoms with Crippen LogP contribution in [0.1, 0.15) is 15.9 Å². The van der Waals surface area contributed by atoms with Gasteiger partial charge >= 0.3 is 11.8 Å². The van der Waals surface area contributed by atoms with Gasteiger partial charge in [0.05, 0.1) is 17.5 Å². The highest BCUT2D eigenvalue weighted by atomic mass is 79.9. The summed E-state index contributed by atoms with van der Waals surface area (Å²) < 4.78 is 7.20. The van der Waals surface area contributed by atoms with Gasteiger partial charge in [-0.2, -0.15) is 5.10 Å². The van der Waals surface area contributed by atoms with Crippen molar-refractivity contribution in [3.63, 3.8) is 0 Å². The van der Waals surface area contributed by atoms with Crippen LogP contribution in [0.2, 0.25) is 0 Å². The second-order valence-corrected chi connectivity index (χ2v) is 8.77. The molecule has 0 heterocycles. The number of hydrogen-bond donors (Lipinski definition) is 3. The molecular weight excluding hydrogens is 580 g/mol. The molecule has 3 aromatic carbocycles. The van der Waals surface area contributed by atoms with Gasteiger partial charge in [-0.1, -0.05) is 56.6 Å². The summed E-state index contributed by atoms with van der Waals surface area (Å²) in [6, 6.07) is 18.7. The molecule has 10 heteroatoms. The zero-order chi connectivity index (χ0) is 25.2. The first-order valence-corrected chi connectivity index (χ1v) is 11.8. The van der Waals surface area contributed by atoms with Gasteiger partial charge < -0.3 is 15.4 Å². The third-order valence-corrected chi connectivity index (χ3v) is 5.45. The van der Waals surface area contributed by atoms with Crippen molar-refractivity contribution in [2.75, 3.05) is 17.2 Å². The van der Waals surface area contributed by atoms with E-state index in [1.807, 2.05) is 0 Å². The zero-order valence-corrected chi connectivity index (χ0v) is 21.4. The Morgan fingerprint density at radius 2 is 1.63 bits per heavy atom. The number of benzene rings is 3. The molecule has 0 saturated heterocycles. The van der Waals surface area contributed by atoms with E-state index in [0.717, 1.165) is 8.95 Å². The fourth-order valence-corrected chi connectivity index (χ4v) is 3.46. The first-order chi connectivity index (χ1) is 16.9. The number of hydrazone groups is 1. The predicted molar refractivity (Wildman–Crippen MR) is 143 cm³/mol. The summed E-state index contributed by atoms with van der Waals surface area (Å²) in [6.45, 7) is 3.90. The molecule has 8 nitrogen and oxygen atoms in total. The lowest BCUT2D eigenvalue weighted by Crippen LogP contribution is -2.33. The molecule has 3 rings (SSSR count). The van der Waals surface area contributed by atoms with Crippen molar-refractivity contribution in [2.45, 2.75) is 0 Å². The quantitative estimate of drug-likeness (QED) is 0.145. The highest BCUT2D eigenvalue weighted by Crippen LogP contribution is 2.22. The van der Waals surface area contributed by atoms with Crippen LogP contribution in [0.5, 0.6) is 5.75 Å². The number of hydrogen-bond acceptors (Lipinski definition) is 5. The molecule has 3 amide bonds. The van der Waals surface area contributed by atoms with Gasteiger partial charge in [-0.05, 0) is 54.6 Å². The average Bonchev–Trinajstić information content (AvgIpc) is 2.85. The van der Waals surface area contributed by atoms with Crippen LogP contribution in [-0.2, 0) is 9.59 Å². The second kappa shape index (κ2) is 12.6. The topological polar surface area (TPSA) is 109 Å². The Morgan fingerprint density at radius 3 is 2.37 bits per heavy atom. The highest BCUT2D eigenvalue weighted by Gasteiger charge is 2.18. The Hall–Kier alpha value is -3.76. The Kier molecular flexibility index (Phi) is 9.33.